The van der Waals surface area contributed by atoms with Gasteiger partial charge in [0, 0.05) is 37.5 Å². The summed E-state index contributed by atoms with van der Waals surface area (Å²) in [6.07, 6.45) is 0. The molecule has 10 heteroatoms. The molecule has 1 aliphatic heterocycles. The maximum atomic E-state index is 12.8. The van der Waals surface area contributed by atoms with Gasteiger partial charge in [-0.05, 0) is 30.7 Å². The van der Waals surface area contributed by atoms with E-state index in [1.165, 1.54) is 16.8 Å². The zero-order valence-electron chi connectivity index (χ0n) is 17.0. The number of ether oxygens (including phenoxy) is 1. The number of carbonyl (C=O) groups is 1. The number of benzene rings is 2. The molecule has 1 aliphatic rings. The van der Waals surface area contributed by atoms with Crippen LogP contribution in [0.5, 0.6) is 0 Å². The average Bonchev–Trinajstić information content (AvgIpc) is 3.16. The molecular weight excluding hydrogens is 400 g/mol. The molecule has 2 aromatic carbocycles. The van der Waals surface area contributed by atoms with E-state index in [9.17, 15) is 14.9 Å². The number of hydrogen-bond donors (Lipinski definition) is 1. The van der Waals surface area contributed by atoms with Gasteiger partial charge in [0.25, 0.3) is 11.6 Å². The predicted molar refractivity (Wildman–Crippen MR) is 113 cm³/mol. The smallest absolute Gasteiger partial charge is 0.278 e. The van der Waals surface area contributed by atoms with Crippen LogP contribution in [-0.2, 0) is 11.3 Å². The Bertz CT molecular complexity index is 1110. The molecule has 3 aromatic rings. The lowest BCUT2D eigenvalue weighted by molar-refractivity contribution is -0.384. The number of anilines is 1. The van der Waals surface area contributed by atoms with Gasteiger partial charge in [0.1, 0.15) is 0 Å². The average molecular weight is 422 g/mol. The summed E-state index contributed by atoms with van der Waals surface area (Å²) in [6, 6.07) is 13.7. The van der Waals surface area contributed by atoms with Crippen molar-refractivity contribution in [2.24, 2.45) is 0 Å². The van der Waals surface area contributed by atoms with E-state index in [4.69, 9.17) is 4.74 Å². The fourth-order valence-corrected chi connectivity index (χ4v) is 3.48. The van der Waals surface area contributed by atoms with E-state index in [0.29, 0.717) is 17.1 Å². The van der Waals surface area contributed by atoms with Crippen LogP contribution in [-0.4, -0.2) is 57.0 Å². The van der Waals surface area contributed by atoms with Crippen molar-refractivity contribution in [3.05, 3.63) is 75.6 Å². The highest BCUT2D eigenvalue weighted by Crippen LogP contribution is 2.19. The van der Waals surface area contributed by atoms with E-state index in [2.05, 4.69) is 20.5 Å². The fourth-order valence-electron chi connectivity index (χ4n) is 3.48. The number of morpholine rings is 1. The largest absolute Gasteiger partial charge is 0.379 e. The van der Waals surface area contributed by atoms with Gasteiger partial charge in [-0.25, -0.2) is 4.68 Å². The highest BCUT2D eigenvalue weighted by atomic mass is 16.6. The van der Waals surface area contributed by atoms with Crippen LogP contribution in [0.25, 0.3) is 5.69 Å². The Kier molecular flexibility index (Phi) is 6.01. The lowest BCUT2D eigenvalue weighted by Crippen LogP contribution is -2.35. The molecule has 1 fully saturated rings. The standard InChI is InChI=1S/C21H22N6O4/c1-15-20(23-24-26(15)18-6-3-7-19(13-18)27(29)30)21(28)22-17-5-2-4-16(12-17)14-25-8-10-31-11-9-25/h2-7,12-13H,8-11,14H2,1H3,(H,22,28). The van der Waals surface area contributed by atoms with Crippen molar-refractivity contribution in [2.45, 2.75) is 13.5 Å². The van der Waals surface area contributed by atoms with Crippen LogP contribution in [0.4, 0.5) is 11.4 Å². The van der Waals surface area contributed by atoms with Gasteiger partial charge in [0.2, 0.25) is 0 Å². The second-order valence-electron chi connectivity index (χ2n) is 7.26. The first-order chi connectivity index (χ1) is 15.0. The first kappa shape index (κ1) is 20.6. The number of nitrogens with zero attached hydrogens (tertiary/aromatic N) is 5. The highest BCUT2D eigenvalue weighted by Gasteiger charge is 2.19. The van der Waals surface area contributed by atoms with E-state index < -0.39 is 10.8 Å². The number of aromatic nitrogens is 3. The lowest BCUT2D eigenvalue weighted by Gasteiger charge is -2.26. The van der Waals surface area contributed by atoms with Crippen molar-refractivity contribution in [3.8, 4) is 5.69 Å². The summed E-state index contributed by atoms with van der Waals surface area (Å²) in [5.41, 5.74) is 2.81. The summed E-state index contributed by atoms with van der Waals surface area (Å²) in [4.78, 5) is 25.6. The highest BCUT2D eigenvalue weighted by molar-refractivity contribution is 6.03. The maximum Gasteiger partial charge on any atom is 0.278 e. The number of nitrogens with one attached hydrogen (secondary N) is 1. The Morgan fingerprint density at radius 3 is 2.74 bits per heavy atom. The second kappa shape index (κ2) is 9.02. The Morgan fingerprint density at radius 2 is 1.97 bits per heavy atom. The first-order valence-corrected chi connectivity index (χ1v) is 9.89. The molecule has 1 aromatic heterocycles. The summed E-state index contributed by atoms with van der Waals surface area (Å²) in [5, 5.41) is 21.9. The molecule has 1 saturated heterocycles. The molecule has 0 atom stereocenters. The predicted octanol–water partition coefficient (Wildman–Crippen LogP) is 2.57. The number of non-ortho nitro benzene ring substituents is 1. The van der Waals surface area contributed by atoms with Crippen LogP contribution < -0.4 is 5.32 Å². The zero-order chi connectivity index (χ0) is 21.8. The molecule has 31 heavy (non-hydrogen) atoms. The molecule has 10 nitrogen and oxygen atoms in total. The van der Waals surface area contributed by atoms with Gasteiger partial charge in [0.05, 0.1) is 29.5 Å². The Morgan fingerprint density at radius 1 is 1.19 bits per heavy atom. The quantitative estimate of drug-likeness (QED) is 0.479. The van der Waals surface area contributed by atoms with Crippen LogP contribution in [0.2, 0.25) is 0 Å². The molecule has 1 N–H and O–H groups in total. The molecule has 1 amide bonds. The molecule has 0 saturated carbocycles. The van der Waals surface area contributed by atoms with Crippen LogP contribution in [0.1, 0.15) is 21.7 Å². The first-order valence-electron chi connectivity index (χ1n) is 9.89. The van der Waals surface area contributed by atoms with Crippen LogP contribution >= 0.6 is 0 Å². The summed E-state index contributed by atoms with van der Waals surface area (Å²) < 4.78 is 6.79. The van der Waals surface area contributed by atoms with Gasteiger partial charge in [-0.3, -0.25) is 19.8 Å². The monoisotopic (exact) mass is 422 g/mol. The second-order valence-corrected chi connectivity index (χ2v) is 7.26. The van der Waals surface area contributed by atoms with Gasteiger partial charge >= 0.3 is 0 Å². The van der Waals surface area contributed by atoms with Crippen molar-refractivity contribution in [1.82, 2.24) is 19.9 Å². The van der Waals surface area contributed by atoms with Crippen molar-refractivity contribution in [3.63, 3.8) is 0 Å². The van der Waals surface area contributed by atoms with Gasteiger partial charge in [-0.2, -0.15) is 0 Å². The van der Waals surface area contributed by atoms with Gasteiger partial charge in [-0.15, -0.1) is 5.10 Å². The molecule has 4 rings (SSSR count). The minimum atomic E-state index is -0.479. The number of nitro benzene ring substituents is 1. The molecule has 0 bridgehead atoms. The van der Waals surface area contributed by atoms with E-state index in [1.54, 1.807) is 19.1 Å². The molecule has 2 heterocycles. The van der Waals surface area contributed by atoms with Crippen molar-refractivity contribution < 1.29 is 14.5 Å². The van der Waals surface area contributed by atoms with Gasteiger partial charge < -0.3 is 10.1 Å². The Labute approximate surface area is 178 Å². The molecule has 0 spiro atoms. The van der Waals surface area contributed by atoms with Crippen molar-refractivity contribution in [2.75, 3.05) is 31.6 Å². The maximum absolute atomic E-state index is 12.8. The summed E-state index contributed by atoms with van der Waals surface area (Å²) in [7, 11) is 0. The van der Waals surface area contributed by atoms with Crippen molar-refractivity contribution in [1.29, 1.82) is 0 Å². The van der Waals surface area contributed by atoms with Crippen LogP contribution in [0.15, 0.2) is 48.5 Å². The molecule has 0 aliphatic carbocycles. The number of amides is 1. The third-order valence-electron chi connectivity index (χ3n) is 5.09. The van der Waals surface area contributed by atoms with E-state index in [1.807, 2.05) is 24.3 Å². The fraction of sp³-hybridized carbons (Fsp3) is 0.286. The van der Waals surface area contributed by atoms with E-state index >= 15 is 0 Å². The number of nitro groups is 1. The Hall–Kier alpha value is -3.63. The third kappa shape index (κ3) is 4.76. The molecule has 0 unspecified atom stereocenters. The minimum absolute atomic E-state index is 0.0597. The molecule has 160 valence electrons. The van der Waals surface area contributed by atoms with E-state index in [0.717, 1.165) is 38.4 Å². The topological polar surface area (TPSA) is 115 Å². The number of rotatable bonds is 6. The Balaban J connectivity index is 1.49. The lowest BCUT2D eigenvalue weighted by atomic mass is 10.1. The van der Waals surface area contributed by atoms with Crippen LogP contribution in [0, 0.1) is 17.0 Å². The van der Waals surface area contributed by atoms with Gasteiger partial charge in [0.15, 0.2) is 5.69 Å². The molecular formula is C21H22N6O4. The minimum Gasteiger partial charge on any atom is -0.379 e. The summed E-state index contributed by atoms with van der Waals surface area (Å²) in [6.45, 7) is 5.72. The zero-order valence-corrected chi connectivity index (χ0v) is 17.0. The van der Waals surface area contributed by atoms with Crippen LogP contribution in [0.3, 0.4) is 0 Å². The SMILES string of the molecule is Cc1c(C(=O)Nc2cccc(CN3CCOCC3)c2)nnn1-c1cccc([N+](=O)[O-])c1. The van der Waals surface area contributed by atoms with E-state index in [-0.39, 0.29) is 11.4 Å². The van der Waals surface area contributed by atoms with Crippen molar-refractivity contribution >= 4 is 17.3 Å². The number of hydrogen-bond acceptors (Lipinski definition) is 7. The number of carbonyl (C=O) groups excluding carboxylic acids is 1. The molecule has 0 radical (unpaired) electrons. The normalized spacial score (nSPS) is 14.4. The summed E-state index contributed by atoms with van der Waals surface area (Å²) in [5.74, 6) is -0.391. The summed E-state index contributed by atoms with van der Waals surface area (Å²) >= 11 is 0. The van der Waals surface area contributed by atoms with Gasteiger partial charge in [-0.1, -0.05) is 23.4 Å². The third-order valence-corrected chi connectivity index (χ3v) is 5.09.